The minimum atomic E-state index is 0.851. The largest absolute Gasteiger partial charge is 0.496 e. The van der Waals surface area contributed by atoms with Crippen LogP contribution >= 0.6 is 22.6 Å². The Bertz CT molecular complexity index is 611. The van der Waals surface area contributed by atoms with Gasteiger partial charge in [0.2, 0.25) is 0 Å². The minimum Gasteiger partial charge on any atom is -0.496 e. The van der Waals surface area contributed by atoms with E-state index in [-0.39, 0.29) is 0 Å². The molecule has 0 heterocycles. The second-order valence-electron chi connectivity index (χ2n) is 4.57. The SMILES string of the molecule is COc1ccc(OC)c(-c2ccccc2N(C)C)c1I. The molecule has 0 N–H and O–H groups in total. The molecule has 0 atom stereocenters. The number of nitrogens with zero attached hydrogens (tertiary/aromatic N) is 1. The monoisotopic (exact) mass is 383 g/mol. The molecular weight excluding hydrogens is 365 g/mol. The first-order valence-electron chi connectivity index (χ1n) is 6.27. The summed E-state index contributed by atoms with van der Waals surface area (Å²) in [6, 6.07) is 12.2. The highest BCUT2D eigenvalue weighted by Gasteiger charge is 2.17. The Morgan fingerprint density at radius 1 is 0.900 bits per heavy atom. The number of methoxy groups -OCH3 is 2. The predicted molar refractivity (Wildman–Crippen MR) is 92.0 cm³/mol. The maximum Gasteiger partial charge on any atom is 0.133 e. The van der Waals surface area contributed by atoms with Gasteiger partial charge in [-0.05, 0) is 40.8 Å². The summed E-state index contributed by atoms with van der Waals surface area (Å²) in [6.45, 7) is 0. The third kappa shape index (κ3) is 2.70. The predicted octanol–water partition coefficient (Wildman–Crippen LogP) is 4.04. The highest BCUT2D eigenvalue weighted by Crippen LogP contribution is 2.42. The molecule has 0 aromatic heterocycles. The summed E-state index contributed by atoms with van der Waals surface area (Å²) in [7, 11) is 7.46. The van der Waals surface area contributed by atoms with Crippen molar-refractivity contribution in [1.29, 1.82) is 0 Å². The molecule has 2 aromatic carbocycles. The van der Waals surface area contributed by atoms with Crippen LogP contribution in [0.2, 0.25) is 0 Å². The Morgan fingerprint density at radius 2 is 1.50 bits per heavy atom. The lowest BCUT2D eigenvalue weighted by Gasteiger charge is -2.20. The van der Waals surface area contributed by atoms with E-state index < -0.39 is 0 Å². The van der Waals surface area contributed by atoms with E-state index in [4.69, 9.17) is 9.47 Å². The van der Waals surface area contributed by atoms with Crippen molar-refractivity contribution in [1.82, 2.24) is 0 Å². The van der Waals surface area contributed by atoms with Crippen molar-refractivity contribution < 1.29 is 9.47 Å². The fraction of sp³-hybridized carbons (Fsp3) is 0.250. The van der Waals surface area contributed by atoms with Gasteiger partial charge >= 0.3 is 0 Å². The molecule has 0 bridgehead atoms. The van der Waals surface area contributed by atoms with Gasteiger partial charge in [-0.3, -0.25) is 0 Å². The van der Waals surface area contributed by atoms with E-state index in [0.29, 0.717) is 0 Å². The van der Waals surface area contributed by atoms with Crippen molar-refractivity contribution in [3.8, 4) is 22.6 Å². The van der Waals surface area contributed by atoms with Crippen LogP contribution in [0.5, 0.6) is 11.5 Å². The van der Waals surface area contributed by atoms with E-state index in [1.807, 2.05) is 38.4 Å². The molecule has 106 valence electrons. The Labute approximate surface area is 133 Å². The summed E-state index contributed by atoms with van der Waals surface area (Å²) < 4.78 is 12.0. The summed E-state index contributed by atoms with van der Waals surface area (Å²) in [5, 5.41) is 0. The van der Waals surface area contributed by atoms with E-state index >= 15 is 0 Å². The van der Waals surface area contributed by atoms with Crippen molar-refractivity contribution in [3.05, 3.63) is 40.0 Å². The van der Waals surface area contributed by atoms with Crippen LogP contribution in [-0.2, 0) is 0 Å². The number of hydrogen-bond acceptors (Lipinski definition) is 3. The van der Waals surface area contributed by atoms with Gasteiger partial charge in [0.25, 0.3) is 0 Å². The van der Waals surface area contributed by atoms with E-state index in [0.717, 1.165) is 31.9 Å². The van der Waals surface area contributed by atoms with Crippen LogP contribution in [0.3, 0.4) is 0 Å². The lowest BCUT2D eigenvalue weighted by molar-refractivity contribution is 0.402. The second-order valence-corrected chi connectivity index (χ2v) is 5.65. The van der Waals surface area contributed by atoms with Gasteiger partial charge < -0.3 is 14.4 Å². The van der Waals surface area contributed by atoms with Gasteiger partial charge in [0, 0.05) is 30.9 Å². The van der Waals surface area contributed by atoms with Crippen LogP contribution in [0.25, 0.3) is 11.1 Å². The molecule has 0 saturated carbocycles. The molecule has 0 fully saturated rings. The molecule has 0 radical (unpaired) electrons. The summed E-state index contributed by atoms with van der Waals surface area (Å²) >= 11 is 2.31. The first kappa shape index (κ1) is 15.0. The van der Waals surface area contributed by atoms with E-state index in [1.165, 1.54) is 0 Å². The number of ether oxygens (including phenoxy) is 2. The number of anilines is 1. The number of para-hydroxylation sites is 1. The molecule has 0 spiro atoms. The lowest BCUT2D eigenvalue weighted by atomic mass is 10.0. The van der Waals surface area contributed by atoms with Gasteiger partial charge in [0.1, 0.15) is 11.5 Å². The minimum absolute atomic E-state index is 0.851. The Morgan fingerprint density at radius 3 is 2.10 bits per heavy atom. The quantitative estimate of drug-likeness (QED) is 0.744. The molecule has 20 heavy (non-hydrogen) atoms. The lowest BCUT2D eigenvalue weighted by Crippen LogP contribution is -2.10. The van der Waals surface area contributed by atoms with Crippen molar-refractivity contribution in [2.45, 2.75) is 0 Å². The average Bonchev–Trinajstić information content (AvgIpc) is 2.46. The molecule has 0 aliphatic rings. The first-order chi connectivity index (χ1) is 9.60. The molecule has 0 amide bonds. The van der Waals surface area contributed by atoms with Crippen molar-refractivity contribution in [2.24, 2.45) is 0 Å². The van der Waals surface area contributed by atoms with Gasteiger partial charge in [0.05, 0.1) is 17.8 Å². The van der Waals surface area contributed by atoms with Crippen molar-refractivity contribution in [2.75, 3.05) is 33.2 Å². The third-order valence-electron chi connectivity index (χ3n) is 3.16. The van der Waals surface area contributed by atoms with Crippen LogP contribution in [0.1, 0.15) is 0 Å². The molecular formula is C16H18INO2. The summed E-state index contributed by atoms with van der Waals surface area (Å²) in [4.78, 5) is 2.10. The summed E-state index contributed by atoms with van der Waals surface area (Å²) in [6.07, 6.45) is 0. The first-order valence-corrected chi connectivity index (χ1v) is 7.35. The van der Waals surface area contributed by atoms with Crippen LogP contribution < -0.4 is 14.4 Å². The number of halogens is 1. The molecule has 0 aliphatic carbocycles. The van der Waals surface area contributed by atoms with E-state index in [1.54, 1.807) is 14.2 Å². The third-order valence-corrected chi connectivity index (χ3v) is 4.23. The summed E-state index contributed by atoms with van der Waals surface area (Å²) in [5.41, 5.74) is 3.35. The van der Waals surface area contributed by atoms with Gasteiger partial charge in [-0.1, -0.05) is 18.2 Å². The second kappa shape index (κ2) is 6.35. The number of rotatable bonds is 4. The van der Waals surface area contributed by atoms with Crippen molar-refractivity contribution in [3.63, 3.8) is 0 Å². The van der Waals surface area contributed by atoms with Gasteiger partial charge in [-0.25, -0.2) is 0 Å². The molecule has 0 unspecified atom stereocenters. The topological polar surface area (TPSA) is 21.7 Å². The van der Waals surface area contributed by atoms with Gasteiger partial charge in [0.15, 0.2) is 0 Å². The van der Waals surface area contributed by atoms with Gasteiger partial charge in [-0.15, -0.1) is 0 Å². The fourth-order valence-corrected chi connectivity index (χ4v) is 3.15. The highest BCUT2D eigenvalue weighted by molar-refractivity contribution is 14.1. The highest BCUT2D eigenvalue weighted by atomic mass is 127. The maximum atomic E-state index is 5.54. The Kier molecular flexibility index (Phi) is 4.75. The normalized spacial score (nSPS) is 10.2. The Balaban J connectivity index is 2.74. The molecule has 0 aliphatic heterocycles. The fourth-order valence-electron chi connectivity index (χ4n) is 2.19. The van der Waals surface area contributed by atoms with Crippen LogP contribution in [0, 0.1) is 3.57 Å². The smallest absolute Gasteiger partial charge is 0.133 e. The zero-order chi connectivity index (χ0) is 14.7. The molecule has 3 nitrogen and oxygen atoms in total. The molecule has 0 saturated heterocycles. The maximum absolute atomic E-state index is 5.54. The number of benzene rings is 2. The molecule has 4 heteroatoms. The zero-order valence-electron chi connectivity index (χ0n) is 12.1. The molecule has 2 rings (SSSR count). The van der Waals surface area contributed by atoms with Crippen LogP contribution in [0.15, 0.2) is 36.4 Å². The van der Waals surface area contributed by atoms with Crippen LogP contribution in [-0.4, -0.2) is 28.3 Å². The van der Waals surface area contributed by atoms with Crippen LogP contribution in [0.4, 0.5) is 5.69 Å². The standard InChI is InChI=1S/C16H18INO2/c1-18(2)12-8-6-5-7-11(12)15-13(19-3)9-10-14(20-4)16(15)17/h5-10H,1-4H3. The van der Waals surface area contributed by atoms with Gasteiger partial charge in [-0.2, -0.15) is 0 Å². The van der Waals surface area contributed by atoms with E-state index in [2.05, 4.69) is 39.6 Å². The Hall–Kier alpha value is -1.43. The average molecular weight is 383 g/mol. The van der Waals surface area contributed by atoms with E-state index in [9.17, 15) is 0 Å². The summed E-state index contributed by atoms with van der Waals surface area (Å²) in [5.74, 6) is 1.71. The molecule has 2 aromatic rings. The zero-order valence-corrected chi connectivity index (χ0v) is 14.3. The van der Waals surface area contributed by atoms with Crippen molar-refractivity contribution >= 4 is 28.3 Å². The number of hydrogen-bond donors (Lipinski definition) is 0.